The predicted molar refractivity (Wildman–Crippen MR) is 51.4 cm³/mol. The Kier molecular flexibility index (Phi) is 2.83. The largest absolute Gasteiger partial charge is 0.352 e. The molecular formula is C10H18N2O. The molecule has 0 unspecified atom stereocenters. The lowest BCUT2D eigenvalue weighted by atomic mass is 9.84. The smallest absolute Gasteiger partial charge is 0.223 e. The second-order valence-electron chi connectivity index (χ2n) is 4.18. The summed E-state index contributed by atoms with van der Waals surface area (Å²) in [6.45, 7) is 2.06. The van der Waals surface area contributed by atoms with Crippen molar-refractivity contribution in [3.8, 4) is 0 Å². The zero-order valence-electron chi connectivity index (χ0n) is 8.01. The Bertz CT molecular complexity index is 183. The first-order valence-corrected chi connectivity index (χ1v) is 5.37. The second-order valence-corrected chi connectivity index (χ2v) is 4.18. The van der Waals surface area contributed by atoms with Crippen molar-refractivity contribution in [2.45, 2.75) is 38.1 Å². The minimum Gasteiger partial charge on any atom is -0.352 e. The first kappa shape index (κ1) is 9.00. The van der Waals surface area contributed by atoms with Gasteiger partial charge in [0.25, 0.3) is 0 Å². The minimum absolute atomic E-state index is 0.292. The van der Waals surface area contributed by atoms with Crippen LogP contribution in [0.2, 0.25) is 0 Å². The van der Waals surface area contributed by atoms with Crippen molar-refractivity contribution < 1.29 is 4.79 Å². The second kappa shape index (κ2) is 4.09. The molecule has 1 heterocycles. The molecule has 3 nitrogen and oxygen atoms in total. The monoisotopic (exact) mass is 182 g/mol. The maximum absolute atomic E-state index is 11.6. The number of hydrogen-bond donors (Lipinski definition) is 2. The van der Waals surface area contributed by atoms with E-state index in [1.807, 2.05) is 0 Å². The normalized spacial score (nSPS) is 29.4. The Morgan fingerprint density at radius 1 is 1.23 bits per heavy atom. The highest BCUT2D eigenvalue weighted by molar-refractivity contribution is 5.79. The summed E-state index contributed by atoms with van der Waals surface area (Å²) < 4.78 is 0. The van der Waals surface area contributed by atoms with E-state index < -0.39 is 0 Å². The van der Waals surface area contributed by atoms with Gasteiger partial charge in [-0.05, 0) is 32.2 Å². The molecule has 0 aromatic carbocycles. The predicted octanol–water partition coefficient (Wildman–Crippen LogP) is 0.655. The van der Waals surface area contributed by atoms with Crippen LogP contribution in [0.15, 0.2) is 0 Å². The molecule has 0 radical (unpaired) electrons. The molecule has 1 atom stereocenters. The first-order chi connectivity index (χ1) is 6.36. The molecule has 1 saturated heterocycles. The van der Waals surface area contributed by atoms with Gasteiger partial charge in [-0.25, -0.2) is 0 Å². The van der Waals surface area contributed by atoms with Gasteiger partial charge < -0.3 is 10.6 Å². The van der Waals surface area contributed by atoms with Crippen molar-refractivity contribution in [1.82, 2.24) is 10.6 Å². The van der Waals surface area contributed by atoms with E-state index in [1.54, 1.807) is 0 Å². The van der Waals surface area contributed by atoms with Crippen LogP contribution in [0.5, 0.6) is 0 Å². The highest BCUT2D eigenvalue weighted by Gasteiger charge is 2.27. The molecule has 1 saturated carbocycles. The summed E-state index contributed by atoms with van der Waals surface area (Å²) in [5, 5.41) is 6.42. The van der Waals surface area contributed by atoms with Crippen LogP contribution in [0.4, 0.5) is 0 Å². The lowest BCUT2D eigenvalue weighted by molar-refractivity contribution is -0.128. The highest BCUT2D eigenvalue weighted by atomic mass is 16.2. The lowest BCUT2D eigenvalue weighted by Gasteiger charge is -2.29. The quantitative estimate of drug-likeness (QED) is 0.658. The van der Waals surface area contributed by atoms with Crippen LogP contribution in [0.1, 0.15) is 32.1 Å². The third-order valence-corrected chi connectivity index (χ3v) is 3.12. The summed E-state index contributed by atoms with van der Waals surface area (Å²) in [7, 11) is 0. The lowest BCUT2D eigenvalue weighted by Crippen LogP contribution is -2.48. The van der Waals surface area contributed by atoms with Gasteiger partial charge in [0.05, 0.1) is 0 Å². The Hall–Kier alpha value is -0.570. The molecule has 1 amide bonds. The zero-order valence-corrected chi connectivity index (χ0v) is 8.01. The number of hydrogen-bond acceptors (Lipinski definition) is 2. The molecule has 2 aliphatic rings. The van der Waals surface area contributed by atoms with Crippen LogP contribution in [0.3, 0.4) is 0 Å². The minimum atomic E-state index is 0.292. The van der Waals surface area contributed by atoms with Crippen molar-refractivity contribution in [2.75, 3.05) is 13.1 Å². The van der Waals surface area contributed by atoms with Gasteiger partial charge in [0.2, 0.25) is 5.91 Å². The Labute approximate surface area is 79.3 Å². The van der Waals surface area contributed by atoms with Gasteiger partial charge in [-0.1, -0.05) is 6.42 Å². The Morgan fingerprint density at radius 2 is 2.08 bits per heavy atom. The van der Waals surface area contributed by atoms with Gasteiger partial charge in [0.1, 0.15) is 0 Å². The van der Waals surface area contributed by atoms with Crippen LogP contribution in [-0.2, 0) is 4.79 Å². The SMILES string of the molecule is O=C(N[C@@H]1CCCNC1)C1CCC1. The topological polar surface area (TPSA) is 41.1 Å². The summed E-state index contributed by atoms with van der Waals surface area (Å²) in [4.78, 5) is 11.6. The van der Waals surface area contributed by atoms with Crippen LogP contribution in [-0.4, -0.2) is 25.0 Å². The number of piperidine rings is 1. The molecule has 2 N–H and O–H groups in total. The van der Waals surface area contributed by atoms with E-state index in [9.17, 15) is 4.79 Å². The maximum Gasteiger partial charge on any atom is 0.223 e. The molecule has 13 heavy (non-hydrogen) atoms. The van der Waals surface area contributed by atoms with Crippen molar-refractivity contribution in [1.29, 1.82) is 0 Å². The number of amides is 1. The van der Waals surface area contributed by atoms with E-state index in [4.69, 9.17) is 0 Å². The molecule has 3 heteroatoms. The molecule has 2 fully saturated rings. The molecule has 0 spiro atoms. The summed E-state index contributed by atoms with van der Waals surface area (Å²) in [5.41, 5.74) is 0. The van der Waals surface area contributed by atoms with E-state index in [0.717, 1.165) is 32.4 Å². The third-order valence-electron chi connectivity index (χ3n) is 3.12. The van der Waals surface area contributed by atoms with Gasteiger partial charge in [-0.3, -0.25) is 4.79 Å². The van der Waals surface area contributed by atoms with Gasteiger partial charge in [-0.2, -0.15) is 0 Å². The maximum atomic E-state index is 11.6. The fourth-order valence-electron chi connectivity index (χ4n) is 1.96. The van der Waals surface area contributed by atoms with Crippen LogP contribution < -0.4 is 10.6 Å². The molecule has 0 aromatic rings. The average Bonchev–Trinajstić information content (AvgIpc) is 2.02. The van der Waals surface area contributed by atoms with Crippen LogP contribution in [0.25, 0.3) is 0 Å². The Morgan fingerprint density at radius 3 is 2.62 bits per heavy atom. The van der Waals surface area contributed by atoms with Gasteiger partial charge >= 0.3 is 0 Å². The van der Waals surface area contributed by atoms with Gasteiger partial charge in [0, 0.05) is 18.5 Å². The van der Waals surface area contributed by atoms with Gasteiger partial charge in [0.15, 0.2) is 0 Å². The molecule has 1 aliphatic heterocycles. The number of carbonyl (C=O) groups excluding carboxylic acids is 1. The van der Waals surface area contributed by atoms with E-state index in [2.05, 4.69) is 10.6 Å². The molecule has 74 valence electrons. The number of nitrogens with one attached hydrogen (secondary N) is 2. The first-order valence-electron chi connectivity index (χ1n) is 5.37. The van der Waals surface area contributed by atoms with E-state index in [-0.39, 0.29) is 0 Å². The molecule has 2 rings (SSSR count). The molecule has 0 aromatic heterocycles. The van der Waals surface area contributed by atoms with Crippen LogP contribution in [0, 0.1) is 5.92 Å². The average molecular weight is 182 g/mol. The summed E-state index contributed by atoms with van der Waals surface area (Å²) in [6, 6.07) is 0.391. The summed E-state index contributed by atoms with van der Waals surface area (Å²) in [5.74, 6) is 0.627. The van der Waals surface area contributed by atoms with Gasteiger partial charge in [-0.15, -0.1) is 0 Å². The van der Waals surface area contributed by atoms with E-state index >= 15 is 0 Å². The third kappa shape index (κ3) is 2.21. The molecule has 0 bridgehead atoms. The van der Waals surface area contributed by atoms with Crippen molar-refractivity contribution in [3.05, 3.63) is 0 Å². The summed E-state index contributed by atoms with van der Waals surface area (Å²) in [6.07, 6.45) is 5.78. The van der Waals surface area contributed by atoms with E-state index in [1.165, 1.54) is 12.8 Å². The summed E-state index contributed by atoms with van der Waals surface area (Å²) >= 11 is 0. The fourth-order valence-corrected chi connectivity index (χ4v) is 1.96. The molecule has 1 aliphatic carbocycles. The zero-order chi connectivity index (χ0) is 9.10. The molecular weight excluding hydrogens is 164 g/mol. The highest BCUT2D eigenvalue weighted by Crippen LogP contribution is 2.26. The van der Waals surface area contributed by atoms with Crippen molar-refractivity contribution in [2.24, 2.45) is 5.92 Å². The van der Waals surface area contributed by atoms with Crippen LogP contribution >= 0.6 is 0 Å². The van der Waals surface area contributed by atoms with Crippen molar-refractivity contribution in [3.63, 3.8) is 0 Å². The standard InChI is InChI=1S/C10H18N2O/c13-10(8-3-1-4-8)12-9-5-2-6-11-7-9/h8-9,11H,1-7H2,(H,12,13)/t9-/m1/s1. The number of carbonyl (C=O) groups is 1. The fraction of sp³-hybridized carbons (Fsp3) is 0.900. The Balaban J connectivity index is 1.72. The van der Waals surface area contributed by atoms with E-state index in [0.29, 0.717) is 17.9 Å². The van der Waals surface area contributed by atoms with Crippen molar-refractivity contribution >= 4 is 5.91 Å². The number of rotatable bonds is 2.